The van der Waals surface area contributed by atoms with E-state index in [0.717, 1.165) is 17.2 Å². The quantitative estimate of drug-likeness (QED) is 0.316. The number of aryl methyl sites for hydroxylation is 1. The van der Waals surface area contributed by atoms with Crippen molar-refractivity contribution in [1.82, 2.24) is 14.5 Å². The van der Waals surface area contributed by atoms with Crippen LogP contribution in [-0.2, 0) is 17.1 Å². The van der Waals surface area contributed by atoms with Crippen LogP contribution in [0.1, 0.15) is 0 Å². The first-order valence-electron chi connectivity index (χ1n) is 4.38. The largest absolute Gasteiger partial charge is 0.403 e. The van der Waals surface area contributed by atoms with Gasteiger partial charge in [-0.2, -0.15) is 8.42 Å². The highest BCUT2D eigenvalue weighted by Crippen LogP contribution is 2.22. The smallest absolute Gasteiger partial charge is 0.368 e. The van der Waals surface area contributed by atoms with Gasteiger partial charge in [0, 0.05) is 21.1 Å². The maximum Gasteiger partial charge on any atom is 0.403 e. The number of hydrogen-bond donors (Lipinski definition) is 0. The van der Waals surface area contributed by atoms with E-state index in [0.29, 0.717) is 0 Å². The molecule has 0 amide bonds. The molecule has 17 heavy (non-hydrogen) atoms. The number of nitro groups is 1. The molecule has 1 heterocycles. The number of nitrogens with zero attached hydrogens (tertiary/aromatic N) is 5. The minimum absolute atomic E-state index is 0.541. The molecule has 0 fully saturated rings. The first kappa shape index (κ1) is 13.1. The standard InChI is InChI=1S/C7H11N5O4S/c1-10(2)5-9-17(15,16)7-6(12(13)14)8-4-11(7)3/h4-5H,1-3H3. The number of aromatic nitrogens is 2. The summed E-state index contributed by atoms with van der Waals surface area (Å²) in [6.07, 6.45) is 2.10. The molecule has 0 spiro atoms. The molecule has 9 nitrogen and oxygen atoms in total. The summed E-state index contributed by atoms with van der Waals surface area (Å²) in [6, 6.07) is 0. The summed E-state index contributed by atoms with van der Waals surface area (Å²) in [5.41, 5.74) is 0. The number of hydrogen-bond acceptors (Lipinski definition) is 5. The van der Waals surface area contributed by atoms with Crippen LogP contribution >= 0.6 is 0 Å². The Morgan fingerprint density at radius 3 is 2.65 bits per heavy atom. The van der Waals surface area contributed by atoms with E-state index in [2.05, 4.69) is 9.38 Å². The second-order valence-electron chi connectivity index (χ2n) is 3.40. The minimum atomic E-state index is -4.13. The Labute approximate surface area is 97.6 Å². The van der Waals surface area contributed by atoms with E-state index in [1.165, 1.54) is 11.9 Å². The normalized spacial score (nSPS) is 11.9. The van der Waals surface area contributed by atoms with Crippen LogP contribution in [0.3, 0.4) is 0 Å². The molecule has 0 aliphatic rings. The molecule has 0 aromatic carbocycles. The lowest BCUT2D eigenvalue weighted by molar-refractivity contribution is -0.392. The van der Waals surface area contributed by atoms with Gasteiger partial charge in [-0.25, -0.2) is 0 Å². The molecule has 0 aliphatic carbocycles. The molecule has 0 N–H and O–H groups in total. The number of rotatable bonds is 4. The van der Waals surface area contributed by atoms with Crippen molar-refractivity contribution >= 4 is 22.2 Å². The third kappa shape index (κ3) is 2.78. The van der Waals surface area contributed by atoms with Crippen LogP contribution in [0.4, 0.5) is 5.82 Å². The van der Waals surface area contributed by atoms with Gasteiger partial charge < -0.3 is 15.0 Å². The van der Waals surface area contributed by atoms with Gasteiger partial charge in [0.25, 0.3) is 5.03 Å². The molecule has 0 unspecified atom stereocenters. The third-order valence-corrected chi connectivity index (χ3v) is 3.03. The van der Waals surface area contributed by atoms with E-state index in [-0.39, 0.29) is 0 Å². The molecule has 0 atom stereocenters. The van der Waals surface area contributed by atoms with Crippen molar-refractivity contribution in [2.75, 3.05) is 14.1 Å². The van der Waals surface area contributed by atoms with Gasteiger partial charge in [0.15, 0.2) is 0 Å². The molecule has 1 aromatic heterocycles. The van der Waals surface area contributed by atoms with Gasteiger partial charge in [0.2, 0.25) is 6.33 Å². The second-order valence-corrected chi connectivity index (χ2v) is 4.95. The van der Waals surface area contributed by atoms with Crippen LogP contribution in [0.15, 0.2) is 15.8 Å². The Morgan fingerprint density at radius 2 is 2.18 bits per heavy atom. The van der Waals surface area contributed by atoms with Gasteiger partial charge >= 0.3 is 15.8 Å². The van der Waals surface area contributed by atoms with Crippen molar-refractivity contribution in [2.45, 2.75) is 5.03 Å². The van der Waals surface area contributed by atoms with Gasteiger partial charge in [0.1, 0.15) is 6.34 Å². The van der Waals surface area contributed by atoms with E-state index >= 15 is 0 Å². The maximum absolute atomic E-state index is 11.8. The van der Waals surface area contributed by atoms with Gasteiger partial charge in [-0.15, -0.1) is 4.40 Å². The predicted octanol–water partition coefficient (Wildman–Crippen LogP) is -0.393. The molecule has 0 aliphatic heterocycles. The van der Waals surface area contributed by atoms with Crippen molar-refractivity contribution in [3.05, 3.63) is 16.4 Å². The lowest BCUT2D eigenvalue weighted by atomic mass is 10.8. The first-order chi connectivity index (χ1) is 7.75. The monoisotopic (exact) mass is 261 g/mol. The Hall–Kier alpha value is -1.97. The van der Waals surface area contributed by atoms with E-state index < -0.39 is 25.8 Å². The van der Waals surface area contributed by atoms with E-state index in [9.17, 15) is 18.5 Å². The van der Waals surface area contributed by atoms with Crippen LogP contribution in [0.5, 0.6) is 0 Å². The average molecular weight is 261 g/mol. The van der Waals surface area contributed by atoms with Crippen LogP contribution in [0.25, 0.3) is 0 Å². The molecule has 0 bridgehead atoms. The summed E-state index contributed by atoms with van der Waals surface area (Å²) >= 11 is 0. The number of imidazole rings is 1. The Kier molecular flexibility index (Phi) is 3.46. The predicted molar refractivity (Wildman–Crippen MR) is 59.2 cm³/mol. The van der Waals surface area contributed by atoms with E-state index in [4.69, 9.17) is 0 Å². The van der Waals surface area contributed by atoms with E-state index in [1.807, 2.05) is 0 Å². The summed E-state index contributed by atoms with van der Waals surface area (Å²) in [5, 5.41) is 10.1. The van der Waals surface area contributed by atoms with Gasteiger partial charge in [-0.05, 0) is 9.91 Å². The zero-order chi connectivity index (χ0) is 13.2. The van der Waals surface area contributed by atoms with Crippen molar-refractivity contribution in [2.24, 2.45) is 11.4 Å². The van der Waals surface area contributed by atoms with Crippen molar-refractivity contribution < 1.29 is 13.3 Å². The van der Waals surface area contributed by atoms with E-state index in [1.54, 1.807) is 14.1 Å². The molecule has 0 saturated heterocycles. The lowest BCUT2D eigenvalue weighted by Gasteiger charge is -2.03. The molecule has 10 heteroatoms. The molecular formula is C7H11N5O4S. The fourth-order valence-electron chi connectivity index (χ4n) is 1.04. The SMILES string of the molecule is CN(C)C=NS(=O)(=O)c1c([N+](=O)[O-])ncn1C. The number of sulfonamides is 1. The molecule has 1 rings (SSSR count). The third-order valence-electron chi connectivity index (χ3n) is 1.70. The van der Waals surface area contributed by atoms with Crippen molar-refractivity contribution in [3.63, 3.8) is 0 Å². The highest BCUT2D eigenvalue weighted by Gasteiger charge is 2.31. The first-order valence-corrected chi connectivity index (χ1v) is 5.82. The highest BCUT2D eigenvalue weighted by atomic mass is 32.2. The molecule has 1 aromatic rings. The van der Waals surface area contributed by atoms with Gasteiger partial charge in [-0.1, -0.05) is 0 Å². The fraction of sp³-hybridized carbons (Fsp3) is 0.429. The van der Waals surface area contributed by atoms with Crippen molar-refractivity contribution in [1.29, 1.82) is 0 Å². The molecule has 0 radical (unpaired) electrons. The fourth-order valence-corrected chi connectivity index (χ4v) is 2.22. The minimum Gasteiger partial charge on any atom is -0.368 e. The zero-order valence-corrected chi connectivity index (χ0v) is 10.2. The summed E-state index contributed by atoms with van der Waals surface area (Å²) < 4.78 is 27.9. The summed E-state index contributed by atoms with van der Waals surface area (Å²) in [6.45, 7) is 0. The topological polar surface area (TPSA) is 111 Å². The van der Waals surface area contributed by atoms with Crippen LogP contribution in [0.2, 0.25) is 0 Å². The summed E-state index contributed by atoms with van der Waals surface area (Å²) in [7, 11) is 0.374. The molecule has 94 valence electrons. The Balaban J connectivity index is 3.33. The summed E-state index contributed by atoms with van der Waals surface area (Å²) in [5.74, 6) is -0.733. The van der Waals surface area contributed by atoms with Crippen molar-refractivity contribution in [3.8, 4) is 0 Å². The average Bonchev–Trinajstić information content (AvgIpc) is 2.58. The summed E-state index contributed by atoms with van der Waals surface area (Å²) in [4.78, 5) is 14.6. The second kappa shape index (κ2) is 4.49. The maximum atomic E-state index is 11.8. The molecule has 0 saturated carbocycles. The zero-order valence-electron chi connectivity index (χ0n) is 9.43. The Morgan fingerprint density at radius 1 is 1.59 bits per heavy atom. The van der Waals surface area contributed by atoms with Gasteiger partial charge in [-0.3, -0.25) is 4.57 Å². The van der Waals surface area contributed by atoms with Crippen LogP contribution < -0.4 is 0 Å². The van der Waals surface area contributed by atoms with Crippen LogP contribution in [0, 0.1) is 10.1 Å². The van der Waals surface area contributed by atoms with Gasteiger partial charge in [0.05, 0.1) is 0 Å². The Bertz CT molecular complexity index is 559. The van der Waals surface area contributed by atoms with Crippen LogP contribution in [-0.4, -0.2) is 48.2 Å². The highest BCUT2D eigenvalue weighted by molar-refractivity contribution is 7.90. The molecular weight excluding hydrogens is 250 g/mol. The lowest BCUT2D eigenvalue weighted by Crippen LogP contribution is -2.12.